The molecule has 0 bridgehead atoms. The van der Waals surface area contributed by atoms with Gasteiger partial charge in [-0.2, -0.15) is 4.99 Å². The zero-order chi connectivity index (χ0) is 20.9. The van der Waals surface area contributed by atoms with Crippen LogP contribution < -0.4 is 5.32 Å². The minimum absolute atomic E-state index is 0.0188. The van der Waals surface area contributed by atoms with Gasteiger partial charge in [-0.05, 0) is 38.0 Å². The summed E-state index contributed by atoms with van der Waals surface area (Å²) in [7, 11) is 1.59. The van der Waals surface area contributed by atoms with Crippen LogP contribution in [0.1, 0.15) is 52.0 Å². The summed E-state index contributed by atoms with van der Waals surface area (Å²) in [4.78, 5) is 35.6. The van der Waals surface area contributed by atoms with E-state index in [9.17, 15) is 14.0 Å². The van der Waals surface area contributed by atoms with Crippen molar-refractivity contribution in [3.05, 3.63) is 29.6 Å². The molecule has 0 radical (unpaired) electrons. The monoisotopic (exact) mass is 406 g/mol. The van der Waals surface area contributed by atoms with Gasteiger partial charge in [0.25, 0.3) is 0 Å². The molecule has 0 unspecified atom stereocenters. The molecule has 0 atom stereocenters. The van der Waals surface area contributed by atoms with Crippen LogP contribution in [0.5, 0.6) is 0 Å². The van der Waals surface area contributed by atoms with Gasteiger partial charge >= 0.3 is 6.03 Å². The summed E-state index contributed by atoms with van der Waals surface area (Å²) in [5, 5.41) is 2.86. The number of aliphatic imine (C=N–C) groups is 3. The summed E-state index contributed by atoms with van der Waals surface area (Å²) in [6.07, 6.45) is 4.82. The summed E-state index contributed by atoms with van der Waals surface area (Å²) >= 11 is 1.20. The van der Waals surface area contributed by atoms with E-state index in [-0.39, 0.29) is 17.2 Å². The Morgan fingerprint density at radius 1 is 1.25 bits per heavy atom. The number of benzene rings is 1. The minimum Gasteiger partial charge on any atom is -0.303 e. The molecule has 8 heteroatoms. The predicted octanol–water partition coefficient (Wildman–Crippen LogP) is 5.13. The number of rotatable bonds is 8. The van der Waals surface area contributed by atoms with Crippen molar-refractivity contribution in [2.24, 2.45) is 15.0 Å². The lowest BCUT2D eigenvalue weighted by Crippen LogP contribution is -2.11. The number of amides is 2. The molecule has 1 aromatic carbocycles. The van der Waals surface area contributed by atoms with E-state index in [1.54, 1.807) is 26.3 Å². The highest BCUT2D eigenvalue weighted by Gasteiger charge is 2.10. The molecule has 0 aliphatic heterocycles. The Morgan fingerprint density at radius 3 is 2.61 bits per heavy atom. The van der Waals surface area contributed by atoms with E-state index in [2.05, 4.69) is 20.3 Å². The third-order valence-electron chi connectivity index (χ3n) is 3.54. The summed E-state index contributed by atoms with van der Waals surface area (Å²) in [5.41, 5.74) is 0.542. The van der Waals surface area contributed by atoms with Crippen LogP contribution >= 0.6 is 11.8 Å². The van der Waals surface area contributed by atoms with E-state index in [1.165, 1.54) is 23.9 Å². The molecule has 2 amide bonds. The van der Waals surface area contributed by atoms with Crippen LogP contribution in [0, 0.1) is 5.82 Å². The molecule has 0 aliphatic rings. The lowest BCUT2D eigenvalue weighted by atomic mass is 10.1. The largest absolute Gasteiger partial charge is 0.346 e. The first-order chi connectivity index (χ1) is 13.4. The Hall–Kier alpha value is -2.35. The number of carbonyl (C=O) groups is 2. The van der Waals surface area contributed by atoms with Gasteiger partial charge in [0.15, 0.2) is 5.84 Å². The molecule has 1 N–H and O–H groups in total. The standard InChI is InChI=1S/C20H27FN4O2S/c1-5-7-11-23-19(22-4)15-9-10-18(17(21)12-15)25-20(27)24-14(3)28-13-16(26)8-6-2/h9-12H,5-8,13H2,1-4H3,(H,25,27). The quantitative estimate of drug-likeness (QED) is 0.480. The average Bonchev–Trinajstić information content (AvgIpc) is 2.65. The molecule has 0 spiro atoms. The second-order valence-corrected chi connectivity index (χ2v) is 7.15. The number of Topliss-reactive ketones (excluding diaryl/α,β-unsaturated/α-hetero) is 1. The van der Waals surface area contributed by atoms with Gasteiger partial charge in [0.05, 0.1) is 16.5 Å². The van der Waals surface area contributed by atoms with Crippen molar-refractivity contribution in [3.63, 3.8) is 0 Å². The number of amidine groups is 1. The fourth-order valence-corrected chi connectivity index (χ4v) is 2.81. The molecular formula is C20H27FN4O2S. The van der Waals surface area contributed by atoms with E-state index in [4.69, 9.17) is 0 Å². The van der Waals surface area contributed by atoms with Crippen molar-refractivity contribution in [2.75, 3.05) is 18.1 Å². The van der Waals surface area contributed by atoms with Gasteiger partial charge in [-0.1, -0.05) is 20.3 Å². The van der Waals surface area contributed by atoms with Crippen molar-refractivity contribution in [1.29, 1.82) is 0 Å². The van der Waals surface area contributed by atoms with Crippen molar-refractivity contribution < 1.29 is 14.0 Å². The van der Waals surface area contributed by atoms with Gasteiger partial charge < -0.3 is 5.32 Å². The maximum Gasteiger partial charge on any atom is 0.346 e. The van der Waals surface area contributed by atoms with Crippen molar-refractivity contribution >= 4 is 46.4 Å². The number of urea groups is 1. The summed E-state index contributed by atoms with van der Waals surface area (Å²) in [5.74, 6) is 0.208. The third-order valence-corrected chi connectivity index (χ3v) is 4.52. The number of hydrogen-bond donors (Lipinski definition) is 1. The van der Waals surface area contributed by atoms with Crippen molar-refractivity contribution in [1.82, 2.24) is 0 Å². The fraction of sp³-hybridized carbons (Fsp3) is 0.450. The second kappa shape index (κ2) is 12.9. The van der Waals surface area contributed by atoms with Gasteiger partial charge in [0, 0.05) is 25.2 Å². The molecule has 0 heterocycles. The molecule has 0 saturated heterocycles. The number of carbonyl (C=O) groups excluding carboxylic acids is 2. The zero-order valence-corrected chi connectivity index (χ0v) is 17.6. The first-order valence-electron chi connectivity index (χ1n) is 9.21. The lowest BCUT2D eigenvalue weighted by Gasteiger charge is -2.07. The van der Waals surface area contributed by atoms with Crippen molar-refractivity contribution in [3.8, 4) is 0 Å². The van der Waals surface area contributed by atoms with E-state index >= 15 is 0 Å². The van der Waals surface area contributed by atoms with E-state index in [0.29, 0.717) is 22.9 Å². The summed E-state index contributed by atoms with van der Waals surface area (Å²) in [6.45, 7) is 5.61. The lowest BCUT2D eigenvalue weighted by molar-refractivity contribution is -0.116. The van der Waals surface area contributed by atoms with Gasteiger partial charge in [-0.25, -0.2) is 14.2 Å². The summed E-state index contributed by atoms with van der Waals surface area (Å²) in [6, 6.07) is 3.67. The first-order valence-corrected chi connectivity index (χ1v) is 10.2. The molecule has 1 rings (SSSR count). The number of ketones is 1. The van der Waals surface area contributed by atoms with Crippen molar-refractivity contribution in [2.45, 2.75) is 46.5 Å². The molecule has 0 saturated carbocycles. The Morgan fingerprint density at radius 2 is 2.00 bits per heavy atom. The number of unbranched alkanes of at least 4 members (excludes halogenated alkanes) is 1. The third kappa shape index (κ3) is 8.56. The van der Waals surface area contributed by atoms with E-state index < -0.39 is 11.8 Å². The van der Waals surface area contributed by atoms with Crippen LogP contribution in [0.2, 0.25) is 0 Å². The van der Waals surface area contributed by atoms with Crippen LogP contribution in [0.4, 0.5) is 14.9 Å². The Balaban J connectivity index is 2.75. The van der Waals surface area contributed by atoms with E-state index in [1.807, 2.05) is 13.8 Å². The highest BCUT2D eigenvalue weighted by molar-refractivity contribution is 8.14. The zero-order valence-electron chi connectivity index (χ0n) is 16.8. The fourth-order valence-electron chi connectivity index (χ4n) is 2.15. The highest BCUT2D eigenvalue weighted by atomic mass is 32.2. The van der Waals surface area contributed by atoms with E-state index in [0.717, 1.165) is 19.3 Å². The van der Waals surface area contributed by atoms with Gasteiger partial charge in [-0.3, -0.25) is 9.79 Å². The Bertz CT molecular complexity index is 775. The van der Waals surface area contributed by atoms with Crippen LogP contribution in [-0.2, 0) is 4.79 Å². The molecule has 1 aromatic rings. The molecular weight excluding hydrogens is 379 g/mol. The van der Waals surface area contributed by atoms with Gasteiger partial charge in [0.2, 0.25) is 0 Å². The molecule has 152 valence electrons. The van der Waals surface area contributed by atoms with Crippen LogP contribution in [-0.4, -0.2) is 41.7 Å². The maximum atomic E-state index is 14.4. The molecule has 6 nitrogen and oxygen atoms in total. The van der Waals surface area contributed by atoms with Gasteiger partial charge in [0.1, 0.15) is 11.6 Å². The SMILES string of the molecule is CCCC=NC(=NC)c1ccc(NC(=O)N=C(C)SCC(=O)CCC)c(F)c1. The number of nitrogens with zero attached hydrogens (tertiary/aromatic N) is 3. The number of hydrogen-bond acceptors (Lipinski definition) is 4. The molecule has 0 aromatic heterocycles. The molecule has 0 aliphatic carbocycles. The second-order valence-electron chi connectivity index (χ2n) is 5.98. The number of nitrogens with one attached hydrogen (secondary N) is 1. The smallest absolute Gasteiger partial charge is 0.303 e. The number of thioether (sulfide) groups is 1. The Labute approximate surface area is 169 Å². The average molecular weight is 407 g/mol. The van der Waals surface area contributed by atoms with Crippen LogP contribution in [0.15, 0.2) is 33.2 Å². The molecule has 28 heavy (non-hydrogen) atoms. The summed E-state index contributed by atoms with van der Waals surface area (Å²) < 4.78 is 14.4. The Kier molecular flexibility index (Phi) is 10.9. The molecule has 0 fully saturated rings. The highest BCUT2D eigenvalue weighted by Crippen LogP contribution is 2.17. The van der Waals surface area contributed by atoms with Crippen LogP contribution in [0.25, 0.3) is 0 Å². The number of halogens is 1. The van der Waals surface area contributed by atoms with Crippen LogP contribution in [0.3, 0.4) is 0 Å². The predicted molar refractivity (Wildman–Crippen MR) is 117 cm³/mol. The topological polar surface area (TPSA) is 83.2 Å². The minimum atomic E-state index is -0.690. The number of anilines is 1. The van der Waals surface area contributed by atoms with Gasteiger partial charge in [-0.15, -0.1) is 11.8 Å². The first kappa shape index (κ1) is 23.7. The maximum absolute atomic E-state index is 14.4. The normalized spacial score (nSPS) is 12.5.